The zero-order valence-corrected chi connectivity index (χ0v) is 33.1. The molecule has 3 atom stereocenters. The van der Waals surface area contributed by atoms with E-state index in [1.165, 1.54) is 36.0 Å². The van der Waals surface area contributed by atoms with E-state index in [4.69, 9.17) is 9.47 Å². The van der Waals surface area contributed by atoms with Crippen LogP contribution in [-0.2, 0) is 15.1 Å². The average molecular weight is 821 g/mol. The first-order valence-electron chi connectivity index (χ1n) is 18.6. The highest BCUT2D eigenvalue weighted by molar-refractivity contribution is 8.09. The fourth-order valence-corrected chi connectivity index (χ4v) is 9.75. The molecule has 6 rings (SSSR count). The fourth-order valence-electron chi connectivity index (χ4n) is 6.88. The number of hydrogen-bond acceptors (Lipinski definition) is 10. The number of unbranched alkanes of at least 4 members (excludes halogenated alkanes) is 1. The third-order valence-electron chi connectivity index (χ3n) is 9.74. The van der Waals surface area contributed by atoms with E-state index in [2.05, 4.69) is 6.92 Å². The SMILES string of the molecule is CCCCOC1=C(/C=C/c2ccc(N(CCO)CCO)cc2)SC2C=C(/C=C/C3=C(C#N)C(=C(C#N)C#N)OC3(c3ccc(-c4ccccc4)cc3)C(F)(F)F)SC12. The summed E-state index contributed by atoms with van der Waals surface area (Å²) in [7, 11) is 0. The van der Waals surface area contributed by atoms with E-state index in [0.717, 1.165) is 40.3 Å². The van der Waals surface area contributed by atoms with Gasteiger partial charge in [0.25, 0.3) is 5.60 Å². The molecule has 0 bridgehead atoms. The zero-order valence-electron chi connectivity index (χ0n) is 31.4. The largest absolute Gasteiger partial charge is 0.496 e. The molecule has 0 aromatic heterocycles. The van der Waals surface area contributed by atoms with Crippen molar-refractivity contribution < 1.29 is 32.9 Å². The summed E-state index contributed by atoms with van der Waals surface area (Å²) in [6.07, 6.45) is 5.34. The Morgan fingerprint density at radius 1 is 0.879 bits per heavy atom. The molecule has 0 spiro atoms. The van der Waals surface area contributed by atoms with Gasteiger partial charge in [0.2, 0.25) is 0 Å². The number of rotatable bonds is 15. The maximum absolute atomic E-state index is 15.6. The molecule has 13 heteroatoms. The molecule has 0 aliphatic carbocycles. The number of nitrogens with zero attached hydrogens (tertiary/aromatic N) is 4. The maximum atomic E-state index is 15.6. The quantitative estimate of drug-likeness (QED) is 0.113. The number of anilines is 1. The molecule has 3 heterocycles. The van der Waals surface area contributed by atoms with Crippen LogP contribution in [0.5, 0.6) is 0 Å². The number of nitriles is 3. The molecule has 296 valence electrons. The highest BCUT2D eigenvalue weighted by Gasteiger charge is 2.65. The number of alkyl halides is 3. The van der Waals surface area contributed by atoms with Gasteiger partial charge in [-0.15, -0.1) is 23.5 Å². The van der Waals surface area contributed by atoms with Crippen molar-refractivity contribution in [2.24, 2.45) is 0 Å². The molecule has 3 unspecified atom stereocenters. The summed E-state index contributed by atoms with van der Waals surface area (Å²) < 4.78 is 58.8. The summed E-state index contributed by atoms with van der Waals surface area (Å²) in [5.74, 6) is 0.0607. The van der Waals surface area contributed by atoms with Gasteiger partial charge in [-0.3, -0.25) is 0 Å². The number of allylic oxidation sites excluding steroid dienone is 4. The molecule has 0 amide bonds. The van der Waals surface area contributed by atoms with E-state index in [1.807, 2.05) is 77.7 Å². The molecular weight excluding hydrogens is 782 g/mol. The second-order valence-electron chi connectivity index (χ2n) is 13.4. The fraction of sp³-hybridized carbons (Fsp3) is 0.267. The normalized spacial score (nSPS) is 20.2. The van der Waals surface area contributed by atoms with Gasteiger partial charge in [0.05, 0.1) is 25.1 Å². The number of benzene rings is 3. The number of aliphatic hydroxyl groups is 2. The van der Waals surface area contributed by atoms with Crippen molar-refractivity contribution in [1.29, 1.82) is 15.8 Å². The predicted octanol–water partition coefficient (Wildman–Crippen LogP) is 9.47. The average Bonchev–Trinajstić information content (AvgIpc) is 3.90. The van der Waals surface area contributed by atoms with Crippen LogP contribution in [0.25, 0.3) is 17.2 Å². The van der Waals surface area contributed by atoms with E-state index in [-0.39, 0.29) is 29.3 Å². The Balaban J connectivity index is 1.32. The lowest BCUT2D eigenvalue weighted by Gasteiger charge is -2.33. The predicted molar refractivity (Wildman–Crippen MR) is 221 cm³/mol. The minimum absolute atomic E-state index is 0.0323. The van der Waals surface area contributed by atoms with Gasteiger partial charge in [0.15, 0.2) is 11.3 Å². The molecule has 3 aromatic carbocycles. The second-order valence-corrected chi connectivity index (χ2v) is 15.8. The van der Waals surface area contributed by atoms with E-state index in [9.17, 15) is 26.0 Å². The van der Waals surface area contributed by atoms with E-state index < -0.39 is 34.3 Å². The highest BCUT2D eigenvalue weighted by atomic mass is 32.2. The van der Waals surface area contributed by atoms with Crippen molar-refractivity contribution in [1.82, 2.24) is 0 Å². The van der Waals surface area contributed by atoms with Crippen LogP contribution in [0, 0.1) is 34.0 Å². The molecule has 3 aliphatic rings. The van der Waals surface area contributed by atoms with Crippen LogP contribution in [0.2, 0.25) is 0 Å². The van der Waals surface area contributed by atoms with Crippen molar-refractivity contribution in [2.75, 3.05) is 37.8 Å². The summed E-state index contributed by atoms with van der Waals surface area (Å²) in [5, 5.41) is 48.2. The van der Waals surface area contributed by atoms with Gasteiger partial charge in [-0.05, 0) is 47.4 Å². The van der Waals surface area contributed by atoms with Crippen LogP contribution < -0.4 is 4.90 Å². The summed E-state index contributed by atoms with van der Waals surface area (Å²) >= 11 is 3.03. The molecule has 3 aromatic rings. The molecular formula is C45H39F3N4O4S2. The van der Waals surface area contributed by atoms with Gasteiger partial charge in [-0.2, -0.15) is 29.0 Å². The third kappa shape index (κ3) is 8.62. The van der Waals surface area contributed by atoms with Crippen molar-refractivity contribution in [3.05, 3.63) is 152 Å². The standard InChI is InChI=1S/C45H39F3N4O4S2/c1-2-3-25-55-42-39(20-11-30-9-16-35(17-10-30)52(21-23-53)22-24-54)58-40-26-36(57-43(40)42)18-19-38-37(29-51)41(33(27-49)28-50)56-44(38,45(46,47)48)34-14-12-32(13-15-34)31-7-5-4-6-8-31/h4-20,26,40,43,53-54H,2-3,21-25H2,1H3/b19-18+,20-11+. The Hall–Kier alpha value is -5.62. The smallest absolute Gasteiger partial charge is 0.437 e. The number of ether oxygens (including phenoxy) is 2. The molecule has 0 saturated carbocycles. The topological polar surface area (TPSA) is 134 Å². The Bertz CT molecular complexity index is 2280. The Morgan fingerprint density at radius 2 is 1.55 bits per heavy atom. The van der Waals surface area contributed by atoms with Crippen LogP contribution in [-0.4, -0.2) is 59.8 Å². The van der Waals surface area contributed by atoms with E-state index in [1.54, 1.807) is 42.1 Å². The minimum Gasteiger partial charge on any atom is -0.496 e. The Morgan fingerprint density at radius 3 is 2.16 bits per heavy atom. The Kier molecular flexibility index (Phi) is 13.6. The highest BCUT2D eigenvalue weighted by Crippen LogP contribution is 2.57. The molecule has 8 nitrogen and oxygen atoms in total. The number of halogens is 3. The van der Waals surface area contributed by atoms with Gasteiger partial charge < -0.3 is 24.6 Å². The molecule has 0 radical (unpaired) electrons. The first-order chi connectivity index (χ1) is 28.1. The van der Waals surface area contributed by atoms with Crippen LogP contribution in [0.4, 0.5) is 18.9 Å². The monoisotopic (exact) mass is 820 g/mol. The third-order valence-corrected chi connectivity index (χ3v) is 12.5. The lowest BCUT2D eigenvalue weighted by Crippen LogP contribution is -2.43. The number of fused-ring (bicyclic) bond motifs is 1. The van der Waals surface area contributed by atoms with Gasteiger partial charge in [-0.1, -0.05) is 98.3 Å². The van der Waals surface area contributed by atoms with Crippen molar-refractivity contribution in [2.45, 2.75) is 42.0 Å². The summed E-state index contributed by atoms with van der Waals surface area (Å²) in [4.78, 5) is 3.49. The van der Waals surface area contributed by atoms with E-state index >= 15 is 13.2 Å². The van der Waals surface area contributed by atoms with Gasteiger partial charge in [0.1, 0.15) is 29.5 Å². The first-order valence-corrected chi connectivity index (χ1v) is 20.3. The first kappa shape index (κ1) is 42.0. The van der Waals surface area contributed by atoms with Crippen LogP contribution in [0.15, 0.2) is 141 Å². The molecule has 0 fully saturated rings. The van der Waals surface area contributed by atoms with Crippen molar-refractivity contribution in [3.8, 4) is 29.3 Å². The minimum atomic E-state index is -5.12. The number of aliphatic hydroxyl groups excluding tert-OH is 2. The maximum Gasteiger partial charge on any atom is 0.437 e. The molecule has 58 heavy (non-hydrogen) atoms. The summed E-state index contributed by atoms with van der Waals surface area (Å²) in [5.41, 5.74) is -2.03. The molecule has 2 N–H and O–H groups in total. The van der Waals surface area contributed by atoms with Crippen molar-refractivity contribution >= 4 is 35.3 Å². The van der Waals surface area contributed by atoms with Gasteiger partial charge in [0, 0.05) is 45.0 Å². The van der Waals surface area contributed by atoms with Crippen LogP contribution >= 0.6 is 23.5 Å². The number of thioether (sulfide) groups is 2. The van der Waals surface area contributed by atoms with Gasteiger partial charge >= 0.3 is 6.18 Å². The van der Waals surface area contributed by atoms with Crippen molar-refractivity contribution in [3.63, 3.8) is 0 Å². The molecule has 3 aliphatic heterocycles. The summed E-state index contributed by atoms with van der Waals surface area (Å²) in [6, 6.07) is 27.6. The number of hydrogen-bond donors (Lipinski definition) is 2. The molecule has 0 saturated heterocycles. The second kappa shape index (κ2) is 18.8. The van der Waals surface area contributed by atoms with Crippen LogP contribution in [0.1, 0.15) is 30.9 Å². The lowest BCUT2D eigenvalue weighted by molar-refractivity contribution is -0.249. The van der Waals surface area contributed by atoms with E-state index in [0.29, 0.717) is 30.2 Å². The van der Waals surface area contributed by atoms with Gasteiger partial charge in [-0.25, -0.2) is 0 Å². The Labute approximate surface area is 344 Å². The summed E-state index contributed by atoms with van der Waals surface area (Å²) in [6.45, 7) is 3.31. The zero-order chi connectivity index (χ0) is 41.3. The van der Waals surface area contributed by atoms with Crippen LogP contribution in [0.3, 0.4) is 0 Å². The lowest BCUT2D eigenvalue weighted by atomic mass is 9.83.